The lowest BCUT2D eigenvalue weighted by Crippen LogP contribution is -2.23. The molecular weight excluding hydrogens is 256 g/mol. The zero-order valence-corrected chi connectivity index (χ0v) is 10.6. The smallest absolute Gasteiger partial charge is 0.250 e. The molecule has 1 saturated heterocycles. The van der Waals surface area contributed by atoms with E-state index < -0.39 is 0 Å². The summed E-state index contributed by atoms with van der Waals surface area (Å²) in [5.74, 6) is -0.240. The molecule has 1 fully saturated rings. The summed E-state index contributed by atoms with van der Waals surface area (Å²) >= 11 is 5.77. The quantitative estimate of drug-likeness (QED) is 0.816. The summed E-state index contributed by atoms with van der Waals surface area (Å²) in [6.45, 7) is 1.24. The lowest BCUT2D eigenvalue weighted by atomic mass is 10.2. The predicted molar refractivity (Wildman–Crippen MR) is 69.7 cm³/mol. The molecule has 0 saturated carbocycles. The van der Waals surface area contributed by atoms with Crippen LogP contribution in [-0.4, -0.2) is 31.8 Å². The predicted octanol–water partition coefficient (Wildman–Crippen LogP) is 1.67. The highest BCUT2D eigenvalue weighted by atomic mass is 35.5. The van der Waals surface area contributed by atoms with Crippen LogP contribution in [0.2, 0.25) is 5.02 Å². The van der Waals surface area contributed by atoms with Crippen molar-refractivity contribution in [3.8, 4) is 0 Å². The average Bonchev–Trinajstić information content (AvgIpc) is 2.83. The van der Waals surface area contributed by atoms with Gasteiger partial charge in [-0.3, -0.25) is 4.79 Å². The van der Waals surface area contributed by atoms with Gasteiger partial charge >= 0.3 is 0 Å². The summed E-state index contributed by atoms with van der Waals surface area (Å²) < 4.78 is 10.5. The van der Waals surface area contributed by atoms with Gasteiger partial charge in [-0.2, -0.15) is 0 Å². The number of carbonyl (C=O) groups is 1. The van der Waals surface area contributed by atoms with Crippen LogP contribution in [0.1, 0.15) is 6.42 Å². The molecule has 1 aromatic rings. The van der Waals surface area contributed by atoms with Gasteiger partial charge in [-0.1, -0.05) is 11.6 Å². The molecule has 18 heavy (non-hydrogen) atoms. The zero-order chi connectivity index (χ0) is 13.0. The number of rotatable bonds is 4. The Bertz CT molecular complexity index is 433. The molecule has 2 rings (SSSR count). The summed E-state index contributed by atoms with van der Waals surface area (Å²) in [6.07, 6.45) is 0.842. The Morgan fingerprint density at radius 2 is 2.44 bits per heavy atom. The Hall–Kier alpha value is -1.30. The Balaban J connectivity index is 1.82. The van der Waals surface area contributed by atoms with Crippen LogP contribution in [0.25, 0.3) is 0 Å². The number of hydrogen-bond acceptors (Lipinski definition) is 4. The monoisotopic (exact) mass is 270 g/mol. The van der Waals surface area contributed by atoms with Crippen LogP contribution < -0.4 is 11.1 Å². The first-order valence-electron chi connectivity index (χ1n) is 5.69. The third kappa shape index (κ3) is 3.60. The highest BCUT2D eigenvalue weighted by Crippen LogP contribution is 2.22. The van der Waals surface area contributed by atoms with Gasteiger partial charge in [-0.15, -0.1) is 0 Å². The van der Waals surface area contributed by atoms with Crippen molar-refractivity contribution in [2.75, 3.05) is 30.9 Å². The molecule has 6 heteroatoms. The third-order valence-electron chi connectivity index (χ3n) is 2.63. The second kappa shape index (κ2) is 6.04. The number of hydrogen-bond donors (Lipinski definition) is 2. The van der Waals surface area contributed by atoms with E-state index in [2.05, 4.69) is 5.32 Å². The molecule has 1 aliphatic rings. The van der Waals surface area contributed by atoms with Gasteiger partial charge in [-0.05, 0) is 24.6 Å². The van der Waals surface area contributed by atoms with Gasteiger partial charge in [0.2, 0.25) is 5.91 Å². The van der Waals surface area contributed by atoms with Gasteiger partial charge in [0.25, 0.3) is 0 Å². The molecule has 0 aliphatic carbocycles. The molecular formula is C12H15ClN2O3. The summed E-state index contributed by atoms with van der Waals surface area (Å²) in [4.78, 5) is 11.6. The van der Waals surface area contributed by atoms with E-state index in [1.165, 1.54) is 0 Å². The molecule has 1 amide bonds. The summed E-state index contributed by atoms with van der Waals surface area (Å²) in [7, 11) is 0. The molecule has 1 aromatic carbocycles. The van der Waals surface area contributed by atoms with Crippen molar-refractivity contribution in [3.63, 3.8) is 0 Å². The van der Waals surface area contributed by atoms with Gasteiger partial charge in [0, 0.05) is 11.6 Å². The molecule has 0 radical (unpaired) electrons. The second-order valence-electron chi connectivity index (χ2n) is 4.08. The lowest BCUT2D eigenvalue weighted by Gasteiger charge is -2.11. The van der Waals surface area contributed by atoms with E-state index in [-0.39, 0.29) is 18.6 Å². The van der Waals surface area contributed by atoms with Crippen LogP contribution >= 0.6 is 11.6 Å². The standard InChI is InChI=1S/C12H15ClN2O3/c13-8-1-2-11(10(14)5-8)15-12(16)7-18-9-3-4-17-6-9/h1-2,5,9H,3-4,6-7,14H2,(H,15,16). The van der Waals surface area contributed by atoms with Crippen LogP contribution in [0.3, 0.4) is 0 Å². The largest absolute Gasteiger partial charge is 0.397 e. The maximum atomic E-state index is 11.6. The fraction of sp³-hybridized carbons (Fsp3) is 0.417. The highest BCUT2D eigenvalue weighted by Gasteiger charge is 2.17. The van der Waals surface area contributed by atoms with Gasteiger partial charge in [-0.25, -0.2) is 0 Å². The number of amides is 1. The summed E-state index contributed by atoms with van der Waals surface area (Å²) in [5.41, 5.74) is 6.70. The minimum Gasteiger partial charge on any atom is -0.397 e. The zero-order valence-electron chi connectivity index (χ0n) is 9.82. The van der Waals surface area contributed by atoms with Crippen molar-refractivity contribution in [1.29, 1.82) is 0 Å². The Morgan fingerprint density at radius 1 is 1.61 bits per heavy atom. The lowest BCUT2D eigenvalue weighted by molar-refractivity contribution is -0.122. The van der Waals surface area contributed by atoms with Gasteiger partial charge in [0.15, 0.2) is 0 Å². The van der Waals surface area contributed by atoms with Crippen LogP contribution in [0.4, 0.5) is 11.4 Å². The molecule has 3 N–H and O–H groups in total. The maximum Gasteiger partial charge on any atom is 0.250 e. The molecule has 0 aromatic heterocycles. The second-order valence-corrected chi connectivity index (χ2v) is 4.51. The van der Waals surface area contributed by atoms with Crippen molar-refractivity contribution in [2.45, 2.75) is 12.5 Å². The first kappa shape index (κ1) is 13.1. The van der Waals surface area contributed by atoms with Crippen LogP contribution in [-0.2, 0) is 14.3 Å². The van der Waals surface area contributed by atoms with Crippen LogP contribution in [0.15, 0.2) is 18.2 Å². The van der Waals surface area contributed by atoms with E-state index in [1.807, 2.05) is 0 Å². The van der Waals surface area contributed by atoms with E-state index in [0.717, 1.165) is 6.42 Å². The maximum absolute atomic E-state index is 11.6. The number of halogens is 1. The van der Waals surface area contributed by atoms with E-state index in [1.54, 1.807) is 18.2 Å². The van der Waals surface area contributed by atoms with Crippen molar-refractivity contribution in [3.05, 3.63) is 23.2 Å². The van der Waals surface area contributed by atoms with Crippen LogP contribution in [0.5, 0.6) is 0 Å². The Labute approximate surface area is 110 Å². The fourth-order valence-corrected chi connectivity index (χ4v) is 1.85. The van der Waals surface area contributed by atoms with E-state index >= 15 is 0 Å². The summed E-state index contributed by atoms with van der Waals surface area (Å²) in [6, 6.07) is 4.91. The Kier molecular flexibility index (Phi) is 4.41. The number of nitrogens with two attached hydrogens (primary N) is 1. The summed E-state index contributed by atoms with van der Waals surface area (Å²) in [5, 5.41) is 3.21. The topological polar surface area (TPSA) is 73.6 Å². The van der Waals surface area contributed by atoms with Gasteiger partial charge in [0.1, 0.15) is 6.61 Å². The minimum absolute atomic E-state index is 0.00388. The van der Waals surface area contributed by atoms with Crippen LogP contribution in [0, 0.1) is 0 Å². The van der Waals surface area contributed by atoms with E-state index in [0.29, 0.717) is 29.6 Å². The molecule has 98 valence electrons. The number of ether oxygens (including phenoxy) is 2. The SMILES string of the molecule is Nc1cc(Cl)ccc1NC(=O)COC1CCOC1. The molecule has 1 unspecified atom stereocenters. The Morgan fingerprint density at radius 3 is 3.11 bits per heavy atom. The minimum atomic E-state index is -0.240. The number of anilines is 2. The van der Waals surface area contributed by atoms with Crippen molar-refractivity contribution in [1.82, 2.24) is 0 Å². The molecule has 1 heterocycles. The van der Waals surface area contributed by atoms with Crippen molar-refractivity contribution < 1.29 is 14.3 Å². The molecule has 0 spiro atoms. The number of benzene rings is 1. The fourth-order valence-electron chi connectivity index (χ4n) is 1.67. The average molecular weight is 271 g/mol. The third-order valence-corrected chi connectivity index (χ3v) is 2.86. The number of nitrogen functional groups attached to an aromatic ring is 1. The van der Waals surface area contributed by atoms with Gasteiger partial charge < -0.3 is 20.5 Å². The van der Waals surface area contributed by atoms with Gasteiger partial charge in [0.05, 0.1) is 24.1 Å². The normalized spacial score (nSPS) is 18.8. The van der Waals surface area contributed by atoms with E-state index in [9.17, 15) is 4.79 Å². The molecule has 1 aliphatic heterocycles. The molecule has 1 atom stereocenters. The van der Waals surface area contributed by atoms with E-state index in [4.69, 9.17) is 26.8 Å². The molecule has 0 bridgehead atoms. The highest BCUT2D eigenvalue weighted by molar-refractivity contribution is 6.31. The first-order chi connectivity index (χ1) is 8.65. The van der Waals surface area contributed by atoms with Crippen molar-refractivity contribution >= 4 is 28.9 Å². The first-order valence-corrected chi connectivity index (χ1v) is 6.07. The number of nitrogens with one attached hydrogen (secondary N) is 1. The van der Waals surface area contributed by atoms with Crippen molar-refractivity contribution in [2.24, 2.45) is 0 Å². The number of carbonyl (C=O) groups excluding carboxylic acids is 1. The molecule has 5 nitrogen and oxygen atoms in total.